The minimum Gasteiger partial charge on any atom is -0.338 e. The molecule has 0 spiro atoms. The van der Waals surface area contributed by atoms with Crippen LogP contribution in [-0.2, 0) is 17.6 Å². The Bertz CT molecular complexity index is 501. The third kappa shape index (κ3) is 3.14. The molecule has 0 radical (unpaired) electrons. The average Bonchev–Trinajstić information content (AvgIpc) is 3.17. The Morgan fingerprint density at radius 1 is 1.33 bits per heavy atom. The Morgan fingerprint density at radius 3 is 2.76 bits per heavy atom. The van der Waals surface area contributed by atoms with E-state index < -0.39 is 0 Å². The minimum absolute atomic E-state index is 0.269. The second-order valence-corrected chi connectivity index (χ2v) is 7.19. The molecule has 3 rings (SSSR count). The summed E-state index contributed by atoms with van der Waals surface area (Å²) in [6.45, 7) is 4.21. The summed E-state index contributed by atoms with van der Waals surface area (Å²) in [7, 11) is 2.20. The van der Waals surface area contributed by atoms with Gasteiger partial charge in [0.25, 0.3) is 0 Å². The van der Waals surface area contributed by atoms with Crippen LogP contribution in [0.1, 0.15) is 43.3 Å². The van der Waals surface area contributed by atoms with E-state index in [9.17, 15) is 4.79 Å². The second-order valence-electron chi connectivity index (χ2n) is 6.25. The summed E-state index contributed by atoms with van der Waals surface area (Å²) in [6.07, 6.45) is 6.25. The molecule has 1 aromatic rings. The first kappa shape index (κ1) is 15.0. The summed E-state index contributed by atoms with van der Waals surface area (Å²) in [5.74, 6) is 0.269. The molecular weight excluding hydrogens is 282 g/mol. The van der Waals surface area contributed by atoms with E-state index in [4.69, 9.17) is 0 Å². The van der Waals surface area contributed by atoms with E-state index in [1.807, 2.05) is 5.38 Å². The van der Waals surface area contributed by atoms with Gasteiger partial charge in [0, 0.05) is 24.0 Å². The maximum absolute atomic E-state index is 12.7. The van der Waals surface area contributed by atoms with Crippen LogP contribution < -0.4 is 0 Å². The predicted molar refractivity (Wildman–Crippen MR) is 85.6 cm³/mol. The molecule has 21 heavy (non-hydrogen) atoms. The van der Waals surface area contributed by atoms with Crippen molar-refractivity contribution in [1.29, 1.82) is 0 Å². The molecule has 2 aliphatic heterocycles. The molecule has 2 saturated heterocycles. The number of hydrogen-bond donors (Lipinski definition) is 0. The van der Waals surface area contributed by atoms with Crippen molar-refractivity contribution in [2.45, 2.75) is 57.5 Å². The number of nitrogens with zero attached hydrogens (tertiary/aromatic N) is 3. The van der Waals surface area contributed by atoms with Crippen molar-refractivity contribution in [3.8, 4) is 0 Å². The summed E-state index contributed by atoms with van der Waals surface area (Å²) in [5.41, 5.74) is 0.951. The Labute approximate surface area is 131 Å². The van der Waals surface area contributed by atoms with Crippen LogP contribution in [0, 0.1) is 0 Å². The number of carbonyl (C=O) groups excluding carboxylic acids is 1. The van der Waals surface area contributed by atoms with Gasteiger partial charge in [-0.25, -0.2) is 4.98 Å². The number of thiazole rings is 1. The van der Waals surface area contributed by atoms with E-state index >= 15 is 0 Å². The highest BCUT2D eigenvalue weighted by Gasteiger charge is 2.38. The van der Waals surface area contributed by atoms with Crippen LogP contribution in [0.5, 0.6) is 0 Å². The molecule has 2 atom stereocenters. The van der Waals surface area contributed by atoms with Gasteiger partial charge in [-0.2, -0.15) is 0 Å². The third-order valence-corrected chi connectivity index (χ3v) is 5.92. The fourth-order valence-corrected chi connectivity index (χ4v) is 4.52. The van der Waals surface area contributed by atoms with Crippen LogP contribution in [-0.4, -0.2) is 52.9 Å². The Morgan fingerprint density at radius 2 is 2.10 bits per heavy atom. The van der Waals surface area contributed by atoms with Crippen molar-refractivity contribution in [2.24, 2.45) is 0 Å². The lowest BCUT2D eigenvalue weighted by Crippen LogP contribution is -2.47. The maximum atomic E-state index is 12.7. The first-order chi connectivity index (χ1) is 10.2. The van der Waals surface area contributed by atoms with Crippen LogP contribution in [0.3, 0.4) is 0 Å². The third-order valence-electron chi connectivity index (χ3n) is 4.87. The van der Waals surface area contributed by atoms with Crippen molar-refractivity contribution < 1.29 is 4.79 Å². The standard InChI is InChI=1S/C16H25N3OS/c1-3-15-17-12(11-21-15)10-16(20)19-9-5-7-14(19)13-6-4-8-18(13)2/h11,13-14H,3-10H2,1-2H3/t13-,14-/m1/s1. The van der Waals surface area contributed by atoms with Gasteiger partial charge in [-0.3, -0.25) is 4.79 Å². The molecule has 0 unspecified atom stereocenters. The van der Waals surface area contributed by atoms with Gasteiger partial charge in [0.2, 0.25) is 5.91 Å². The largest absolute Gasteiger partial charge is 0.338 e. The summed E-state index contributed by atoms with van der Waals surface area (Å²) < 4.78 is 0. The van der Waals surface area contributed by atoms with Gasteiger partial charge in [-0.1, -0.05) is 6.92 Å². The number of carbonyl (C=O) groups is 1. The molecule has 4 nitrogen and oxygen atoms in total. The van der Waals surface area contributed by atoms with Gasteiger partial charge < -0.3 is 9.80 Å². The van der Waals surface area contributed by atoms with Crippen molar-refractivity contribution in [1.82, 2.24) is 14.8 Å². The highest BCUT2D eigenvalue weighted by molar-refractivity contribution is 7.09. The average molecular weight is 307 g/mol. The van der Waals surface area contributed by atoms with E-state index in [2.05, 4.69) is 28.8 Å². The molecule has 116 valence electrons. The number of aromatic nitrogens is 1. The van der Waals surface area contributed by atoms with E-state index in [1.54, 1.807) is 11.3 Å². The molecule has 0 N–H and O–H groups in total. The number of likely N-dealkylation sites (N-methyl/N-ethyl adjacent to an activating group) is 1. The predicted octanol–water partition coefficient (Wildman–Crippen LogP) is 2.33. The van der Waals surface area contributed by atoms with Gasteiger partial charge in [0.1, 0.15) is 0 Å². The summed E-state index contributed by atoms with van der Waals surface area (Å²) >= 11 is 1.67. The summed E-state index contributed by atoms with van der Waals surface area (Å²) in [6, 6.07) is 0.993. The Kier molecular flexibility index (Phi) is 4.60. The molecule has 0 bridgehead atoms. The van der Waals surface area contributed by atoms with Crippen molar-refractivity contribution in [3.05, 3.63) is 16.1 Å². The zero-order chi connectivity index (χ0) is 14.8. The van der Waals surface area contributed by atoms with Crippen LogP contribution in [0.25, 0.3) is 0 Å². The van der Waals surface area contributed by atoms with E-state index in [-0.39, 0.29) is 5.91 Å². The first-order valence-corrected chi connectivity index (χ1v) is 9.00. The number of rotatable bonds is 4. The molecule has 3 heterocycles. The van der Waals surface area contributed by atoms with Crippen LogP contribution in [0.2, 0.25) is 0 Å². The van der Waals surface area contributed by atoms with Crippen molar-refractivity contribution in [3.63, 3.8) is 0 Å². The van der Waals surface area contributed by atoms with Gasteiger partial charge in [-0.15, -0.1) is 11.3 Å². The molecule has 0 saturated carbocycles. The molecule has 1 aromatic heterocycles. The zero-order valence-electron chi connectivity index (χ0n) is 13.0. The SMILES string of the molecule is CCc1nc(CC(=O)N2CCC[C@@H]2[C@H]2CCCN2C)cs1. The number of hydrogen-bond acceptors (Lipinski definition) is 4. The van der Waals surface area contributed by atoms with Crippen molar-refractivity contribution >= 4 is 17.2 Å². The van der Waals surface area contributed by atoms with Gasteiger partial charge in [0.05, 0.1) is 17.1 Å². The topological polar surface area (TPSA) is 36.4 Å². The second kappa shape index (κ2) is 6.44. The minimum atomic E-state index is 0.269. The Hall–Kier alpha value is -0.940. The smallest absolute Gasteiger partial charge is 0.228 e. The fraction of sp³-hybridized carbons (Fsp3) is 0.750. The summed E-state index contributed by atoms with van der Waals surface area (Å²) in [5, 5.41) is 3.18. The number of amides is 1. The van der Waals surface area contributed by atoms with Gasteiger partial charge >= 0.3 is 0 Å². The van der Waals surface area contributed by atoms with Crippen molar-refractivity contribution in [2.75, 3.05) is 20.1 Å². The molecule has 2 aliphatic rings. The zero-order valence-corrected chi connectivity index (χ0v) is 13.9. The monoisotopic (exact) mass is 307 g/mol. The van der Waals surface area contributed by atoms with Crippen LogP contribution in [0.4, 0.5) is 0 Å². The Balaban J connectivity index is 1.65. The summed E-state index contributed by atoms with van der Waals surface area (Å²) in [4.78, 5) is 21.8. The lowest BCUT2D eigenvalue weighted by atomic mass is 10.0. The van der Waals surface area contributed by atoms with Crippen LogP contribution >= 0.6 is 11.3 Å². The maximum Gasteiger partial charge on any atom is 0.228 e. The van der Waals surface area contributed by atoms with Gasteiger partial charge in [0.15, 0.2) is 0 Å². The lowest BCUT2D eigenvalue weighted by Gasteiger charge is -2.33. The normalized spacial score (nSPS) is 26.7. The van der Waals surface area contributed by atoms with E-state index in [0.717, 1.165) is 36.5 Å². The molecule has 0 aliphatic carbocycles. The van der Waals surface area contributed by atoms with E-state index in [1.165, 1.54) is 19.4 Å². The molecule has 2 fully saturated rings. The first-order valence-electron chi connectivity index (χ1n) is 8.12. The van der Waals surface area contributed by atoms with Crippen LogP contribution in [0.15, 0.2) is 5.38 Å². The molecule has 5 heteroatoms. The lowest BCUT2D eigenvalue weighted by molar-refractivity contribution is -0.132. The highest BCUT2D eigenvalue weighted by atomic mass is 32.1. The molecule has 1 amide bonds. The molecule has 0 aromatic carbocycles. The highest BCUT2D eigenvalue weighted by Crippen LogP contribution is 2.29. The quantitative estimate of drug-likeness (QED) is 0.856. The fourth-order valence-electron chi connectivity index (χ4n) is 3.77. The number of aryl methyl sites for hydroxylation is 1. The van der Waals surface area contributed by atoms with Gasteiger partial charge in [-0.05, 0) is 45.7 Å². The van der Waals surface area contributed by atoms with E-state index in [0.29, 0.717) is 18.5 Å². The molecular formula is C16H25N3OS. The number of likely N-dealkylation sites (tertiary alicyclic amines) is 2.